The lowest BCUT2D eigenvalue weighted by molar-refractivity contribution is 0.0948. The quantitative estimate of drug-likeness (QED) is 0.820. The molecule has 1 unspecified atom stereocenters. The maximum Gasteiger partial charge on any atom is 0.264 e. The maximum absolute atomic E-state index is 11.5. The molecule has 1 aromatic heterocycles. The normalized spacial score (nSPS) is 11.8. The molecule has 1 atom stereocenters. The largest absolute Gasteiger partial charge is 0.336 e. The number of carbonyl (C=O) groups is 1. The van der Waals surface area contributed by atoms with Crippen LogP contribution in [-0.2, 0) is 0 Å². The minimum Gasteiger partial charge on any atom is -0.336 e. The van der Waals surface area contributed by atoms with Crippen molar-refractivity contribution in [2.75, 3.05) is 0 Å². The first kappa shape index (κ1) is 10.7. The van der Waals surface area contributed by atoms with E-state index in [1.807, 2.05) is 19.9 Å². The molecule has 1 aromatic rings. The minimum absolute atomic E-state index is 0.219. The summed E-state index contributed by atoms with van der Waals surface area (Å²) >= 11 is 1.33. The molecule has 0 aromatic carbocycles. The van der Waals surface area contributed by atoms with Gasteiger partial charge in [-0.3, -0.25) is 4.79 Å². The van der Waals surface area contributed by atoms with Gasteiger partial charge in [-0.05, 0) is 13.3 Å². The second kappa shape index (κ2) is 4.72. The number of carbonyl (C=O) groups excluding carboxylic acids is 1. The van der Waals surface area contributed by atoms with Crippen LogP contribution in [0.3, 0.4) is 0 Å². The van der Waals surface area contributed by atoms with E-state index in [0.717, 1.165) is 5.01 Å². The highest BCUT2D eigenvalue weighted by Crippen LogP contribution is 2.11. The molecule has 1 rings (SSSR count). The molecule has 0 saturated heterocycles. The molecule has 1 heterocycles. The molecule has 0 bridgehead atoms. The van der Waals surface area contributed by atoms with Crippen LogP contribution >= 0.6 is 11.3 Å². The SMILES string of the molecule is CCC(C#N)NC(=O)c1cnc(C)s1. The molecule has 1 amide bonds. The predicted molar refractivity (Wildman–Crippen MR) is 54.0 cm³/mol. The van der Waals surface area contributed by atoms with E-state index in [1.165, 1.54) is 17.5 Å². The molecule has 0 aliphatic carbocycles. The van der Waals surface area contributed by atoms with Crippen LogP contribution in [-0.4, -0.2) is 16.9 Å². The van der Waals surface area contributed by atoms with E-state index < -0.39 is 6.04 Å². The van der Waals surface area contributed by atoms with Crippen LogP contribution < -0.4 is 5.32 Å². The van der Waals surface area contributed by atoms with E-state index in [-0.39, 0.29) is 5.91 Å². The van der Waals surface area contributed by atoms with Crippen LogP contribution in [0, 0.1) is 18.3 Å². The highest BCUT2D eigenvalue weighted by molar-refractivity contribution is 7.13. The Morgan fingerprint density at radius 3 is 3.00 bits per heavy atom. The van der Waals surface area contributed by atoms with Gasteiger partial charge in [0.05, 0.1) is 17.3 Å². The topological polar surface area (TPSA) is 65.8 Å². The zero-order valence-electron chi connectivity index (χ0n) is 8.07. The Morgan fingerprint density at radius 2 is 2.57 bits per heavy atom. The van der Waals surface area contributed by atoms with Gasteiger partial charge in [-0.25, -0.2) is 4.98 Å². The summed E-state index contributed by atoms with van der Waals surface area (Å²) in [4.78, 5) is 16.0. The number of hydrogen-bond donors (Lipinski definition) is 1. The van der Waals surface area contributed by atoms with Gasteiger partial charge in [0.15, 0.2) is 0 Å². The summed E-state index contributed by atoms with van der Waals surface area (Å²) < 4.78 is 0. The molecule has 0 spiro atoms. The standard InChI is InChI=1S/C9H11N3OS/c1-3-7(4-10)12-9(13)8-5-11-6(2)14-8/h5,7H,3H2,1-2H3,(H,12,13). The predicted octanol–water partition coefficient (Wildman–Crippen LogP) is 1.48. The molecular weight excluding hydrogens is 198 g/mol. The number of nitrogens with one attached hydrogen (secondary N) is 1. The van der Waals surface area contributed by atoms with Crippen molar-refractivity contribution in [1.29, 1.82) is 5.26 Å². The van der Waals surface area contributed by atoms with Gasteiger partial charge >= 0.3 is 0 Å². The Balaban J connectivity index is 2.64. The first-order valence-electron chi connectivity index (χ1n) is 4.30. The number of nitriles is 1. The third kappa shape index (κ3) is 2.54. The van der Waals surface area contributed by atoms with E-state index in [2.05, 4.69) is 10.3 Å². The Hall–Kier alpha value is -1.41. The zero-order chi connectivity index (χ0) is 10.6. The molecule has 1 N–H and O–H groups in total. The van der Waals surface area contributed by atoms with Crippen molar-refractivity contribution in [3.05, 3.63) is 16.1 Å². The van der Waals surface area contributed by atoms with Gasteiger partial charge in [0.1, 0.15) is 10.9 Å². The number of amides is 1. The van der Waals surface area contributed by atoms with Crippen LogP contribution in [0.4, 0.5) is 0 Å². The van der Waals surface area contributed by atoms with E-state index in [4.69, 9.17) is 5.26 Å². The van der Waals surface area contributed by atoms with E-state index in [9.17, 15) is 4.79 Å². The second-order valence-corrected chi connectivity index (χ2v) is 4.04. The average Bonchev–Trinajstić information content (AvgIpc) is 2.61. The van der Waals surface area contributed by atoms with E-state index in [1.54, 1.807) is 0 Å². The summed E-state index contributed by atoms with van der Waals surface area (Å²) in [5.41, 5.74) is 0. The molecule has 0 fully saturated rings. The summed E-state index contributed by atoms with van der Waals surface area (Å²) in [6.45, 7) is 3.69. The van der Waals surface area contributed by atoms with Crippen molar-refractivity contribution in [3.8, 4) is 6.07 Å². The number of rotatable bonds is 3. The lowest BCUT2D eigenvalue weighted by atomic mass is 10.2. The lowest BCUT2D eigenvalue weighted by Gasteiger charge is -2.06. The number of nitrogens with zero attached hydrogens (tertiary/aromatic N) is 2. The number of aryl methyl sites for hydroxylation is 1. The van der Waals surface area contributed by atoms with Crippen molar-refractivity contribution in [2.45, 2.75) is 26.3 Å². The fourth-order valence-electron chi connectivity index (χ4n) is 0.921. The van der Waals surface area contributed by atoms with Gasteiger partial charge in [0, 0.05) is 0 Å². The summed E-state index contributed by atoms with van der Waals surface area (Å²) in [5, 5.41) is 12.1. The molecule has 0 aliphatic heterocycles. The van der Waals surface area contributed by atoms with Crippen molar-refractivity contribution < 1.29 is 4.79 Å². The average molecular weight is 209 g/mol. The van der Waals surface area contributed by atoms with Gasteiger partial charge in [-0.2, -0.15) is 5.26 Å². The highest BCUT2D eigenvalue weighted by Gasteiger charge is 2.12. The first-order valence-corrected chi connectivity index (χ1v) is 5.12. The fraction of sp³-hybridized carbons (Fsp3) is 0.444. The molecule has 0 radical (unpaired) electrons. The number of aromatic nitrogens is 1. The third-order valence-electron chi connectivity index (χ3n) is 1.71. The van der Waals surface area contributed by atoms with Gasteiger partial charge in [0.2, 0.25) is 0 Å². The van der Waals surface area contributed by atoms with Crippen LogP contribution in [0.2, 0.25) is 0 Å². The van der Waals surface area contributed by atoms with Crippen LogP contribution in [0.15, 0.2) is 6.20 Å². The van der Waals surface area contributed by atoms with Gasteiger partial charge in [-0.1, -0.05) is 6.92 Å². The van der Waals surface area contributed by atoms with E-state index in [0.29, 0.717) is 11.3 Å². The summed E-state index contributed by atoms with van der Waals surface area (Å²) in [7, 11) is 0. The summed E-state index contributed by atoms with van der Waals surface area (Å²) in [5.74, 6) is -0.219. The van der Waals surface area contributed by atoms with Crippen molar-refractivity contribution in [3.63, 3.8) is 0 Å². The van der Waals surface area contributed by atoms with Gasteiger partial charge < -0.3 is 5.32 Å². The maximum atomic E-state index is 11.5. The third-order valence-corrected chi connectivity index (χ3v) is 2.63. The Kier molecular flexibility index (Phi) is 3.60. The van der Waals surface area contributed by atoms with Crippen LogP contribution in [0.25, 0.3) is 0 Å². The number of thiazole rings is 1. The molecule has 0 saturated carbocycles. The minimum atomic E-state index is -0.412. The van der Waals surface area contributed by atoms with Crippen LogP contribution in [0.1, 0.15) is 28.0 Å². The molecular formula is C9H11N3OS. The molecule has 74 valence electrons. The van der Waals surface area contributed by atoms with Crippen molar-refractivity contribution >= 4 is 17.2 Å². The van der Waals surface area contributed by atoms with Crippen molar-refractivity contribution in [1.82, 2.24) is 10.3 Å². The molecule has 0 aliphatic rings. The second-order valence-electron chi connectivity index (χ2n) is 2.81. The zero-order valence-corrected chi connectivity index (χ0v) is 8.89. The van der Waals surface area contributed by atoms with Crippen molar-refractivity contribution in [2.24, 2.45) is 0 Å². The molecule has 4 nitrogen and oxygen atoms in total. The molecule has 5 heteroatoms. The lowest BCUT2D eigenvalue weighted by Crippen LogP contribution is -2.32. The van der Waals surface area contributed by atoms with Crippen LogP contribution in [0.5, 0.6) is 0 Å². The first-order chi connectivity index (χ1) is 6.67. The number of hydrogen-bond acceptors (Lipinski definition) is 4. The molecule has 14 heavy (non-hydrogen) atoms. The van der Waals surface area contributed by atoms with E-state index >= 15 is 0 Å². The monoisotopic (exact) mass is 209 g/mol. The fourth-order valence-corrected chi connectivity index (χ4v) is 1.60. The highest BCUT2D eigenvalue weighted by atomic mass is 32.1. The smallest absolute Gasteiger partial charge is 0.264 e. The Bertz CT molecular complexity index is 366. The summed E-state index contributed by atoms with van der Waals surface area (Å²) in [6, 6.07) is 1.60. The Morgan fingerprint density at radius 1 is 1.86 bits per heavy atom. The van der Waals surface area contributed by atoms with Gasteiger partial charge in [-0.15, -0.1) is 11.3 Å². The van der Waals surface area contributed by atoms with Gasteiger partial charge in [0.25, 0.3) is 5.91 Å². The summed E-state index contributed by atoms with van der Waals surface area (Å²) in [6.07, 6.45) is 2.14. The Labute approximate surface area is 86.6 Å².